The summed E-state index contributed by atoms with van der Waals surface area (Å²) in [5.41, 5.74) is 1.29. The van der Waals surface area contributed by atoms with E-state index < -0.39 is 0 Å². The Morgan fingerprint density at radius 1 is 1.50 bits per heavy atom. The van der Waals surface area contributed by atoms with Crippen molar-refractivity contribution < 1.29 is 5.11 Å². The highest BCUT2D eigenvalue weighted by atomic mass is 35.5. The first kappa shape index (κ1) is 7.52. The summed E-state index contributed by atoms with van der Waals surface area (Å²) in [6.07, 6.45) is 4.91. The largest absolute Gasteiger partial charge is 0.390 e. The van der Waals surface area contributed by atoms with E-state index in [4.69, 9.17) is 16.7 Å². The lowest BCUT2D eigenvalue weighted by Crippen LogP contribution is -1.84. The fourth-order valence-corrected chi connectivity index (χ4v) is 1.16. The molecular weight excluding hydrogens is 178 g/mol. The Morgan fingerprint density at radius 2 is 2.33 bits per heavy atom. The Balaban J connectivity index is 2.67. The van der Waals surface area contributed by atoms with Gasteiger partial charge in [-0.15, -0.1) is 0 Å². The Labute approximate surface area is 73.5 Å². The summed E-state index contributed by atoms with van der Waals surface area (Å²) in [5.74, 6) is 0. The minimum absolute atomic E-state index is 0.0701. The third-order valence-corrected chi connectivity index (χ3v) is 1.72. The van der Waals surface area contributed by atoms with Crippen LogP contribution in [0, 0.1) is 0 Å². The van der Waals surface area contributed by atoms with Gasteiger partial charge in [-0.1, -0.05) is 11.6 Å². The monoisotopic (exact) mass is 183 g/mol. The average molecular weight is 184 g/mol. The molecule has 4 nitrogen and oxygen atoms in total. The highest BCUT2D eigenvalue weighted by Gasteiger charge is 2.00. The Morgan fingerprint density at radius 3 is 3.08 bits per heavy atom. The molecule has 0 saturated heterocycles. The molecule has 0 aromatic carbocycles. The van der Waals surface area contributed by atoms with Crippen molar-refractivity contribution in [3.05, 3.63) is 29.4 Å². The quantitative estimate of drug-likeness (QED) is 0.714. The van der Waals surface area contributed by atoms with Gasteiger partial charge in [0.05, 0.1) is 18.5 Å². The number of aliphatic hydroxyl groups excluding tert-OH is 1. The average Bonchev–Trinajstić information content (AvgIpc) is 2.46. The van der Waals surface area contributed by atoms with Crippen LogP contribution in [0.15, 0.2) is 18.6 Å². The van der Waals surface area contributed by atoms with Crippen LogP contribution in [-0.2, 0) is 6.61 Å². The molecule has 0 unspecified atom stereocenters. The second kappa shape index (κ2) is 2.73. The predicted octanol–water partition coefficient (Wildman–Crippen LogP) is 0.875. The maximum atomic E-state index is 8.78. The van der Waals surface area contributed by atoms with Gasteiger partial charge >= 0.3 is 0 Å². The van der Waals surface area contributed by atoms with Crippen LogP contribution in [0.3, 0.4) is 0 Å². The number of aromatic nitrogens is 3. The summed E-state index contributed by atoms with van der Waals surface area (Å²) in [7, 11) is 0. The molecule has 0 aliphatic rings. The molecule has 0 aliphatic heterocycles. The summed E-state index contributed by atoms with van der Waals surface area (Å²) in [6.45, 7) is -0.0701. The Kier molecular flexibility index (Phi) is 1.71. The van der Waals surface area contributed by atoms with E-state index in [1.54, 1.807) is 23.0 Å². The first-order valence-electron chi connectivity index (χ1n) is 3.39. The number of rotatable bonds is 1. The number of imidazole rings is 1. The summed E-state index contributed by atoms with van der Waals surface area (Å²) in [5, 5.41) is 9.19. The lowest BCUT2D eigenvalue weighted by atomic mass is 10.5. The molecule has 1 N–H and O–H groups in total. The SMILES string of the molecule is OCc1cn2cc(Cl)ncc2n1. The molecule has 2 rings (SSSR count). The predicted molar refractivity (Wildman–Crippen MR) is 43.9 cm³/mol. The molecule has 0 atom stereocenters. The first-order valence-corrected chi connectivity index (χ1v) is 3.77. The number of halogens is 1. The van der Waals surface area contributed by atoms with Gasteiger partial charge < -0.3 is 9.51 Å². The molecule has 5 heteroatoms. The van der Waals surface area contributed by atoms with Crippen molar-refractivity contribution in [2.75, 3.05) is 0 Å². The Hall–Kier alpha value is -1.13. The van der Waals surface area contributed by atoms with Gasteiger partial charge in [-0.2, -0.15) is 0 Å². The molecule has 2 heterocycles. The van der Waals surface area contributed by atoms with Gasteiger partial charge in [0.2, 0.25) is 0 Å². The lowest BCUT2D eigenvalue weighted by Gasteiger charge is -1.90. The van der Waals surface area contributed by atoms with E-state index in [2.05, 4.69) is 9.97 Å². The number of hydrogen-bond acceptors (Lipinski definition) is 3. The maximum absolute atomic E-state index is 8.78. The van der Waals surface area contributed by atoms with Crippen molar-refractivity contribution in [3.8, 4) is 0 Å². The van der Waals surface area contributed by atoms with E-state index in [9.17, 15) is 0 Å². The molecule has 62 valence electrons. The molecule has 0 aliphatic carbocycles. The van der Waals surface area contributed by atoms with Crippen LogP contribution in [0.25, 0.3) is 5.65 Å². The number of fused-ring (bicyclic) bond motifs is 1. The van der Waals surface area contributed by atoms with Gasteiger partial charge in [0, 0.05) is 12.4 Å². The smallest absolute Gasteiger partial charge is 0.155 e. The second-order valence-corrected chi connectivity index (χ2v) is 2.75. The van der Waals surface area contributed by atoms with Crippen molar-refractivity contribution >= 4 is 17.2 Å². The molecule has 0 saturated carbocycles. The summed E-state index contributed by atoms with van der Waals surface area (Å²) in [4.78, 5) is 7.92. The van der Waals surface area contributed by atoms with Gasteiger partial charge in [-0.05, 0) is 0 Å². The van der Waals surface area contributed by atoms with Gasteiger partial charge in [0.15, 0.2) is 5.65 Å². The van der Waals surface area contributed by atoms with E-state index in [1.165, 1.54) is 0 Å². The topological polar surface area (TPSA) is 50.4 Å². The van der Waals surface area contributed by atoms with Crippen molar-refractivity contribution in [2.24, 2.45) is 0 Å². The van der Waals surface area contributed by atoms with Crippen molar-refractivity contribution in [1.82, 2.24) is 14.4 Å². The van der Waals surface area contributed by atoms with Crippen LogP contribution in [0.5, 0.6) is 0 Å². The van der Waals surface area contributed by atoms with Gasteiger partial charge in [-0.25, -0.2) is 9.97 Å². The van der Waals surface area contributed by atoms with Gasteiger partial charge in [-0.3, -0.25) is 0 Å². The highest BCUT2D eigenvalue weighted by Crippen LogP contribution is 2.07. The van der Waals surface area contributed by atoms with Crippen LogP contribution in [0.1, 0.15) is 5.69 Å². The van der Waals surface area contributed by atoms with E-state index in [1.807, 2.05) is 0 Å². The van der Waals surface area contributed by atoms with Crippen molar-refractivity contribution in [2.45, 2.75) is 6.61 Å². The summed E-state index contributed by atoms with van der Waals surface area (Å²) >= 11 is 5.65. The van der Waals surface area contributed by atoms with Crippen LogP contribution in [-0.4, -0.2) is 19.5 Å². The normalized spacial score (nSPS) is 10.8. The minimum Gasteiger partial charge on any atom is -0.390 e. The zero-order valence-corrected chi connectivity index (χ0v) is 6.86. The number of hydrogen-bond donors (Lipinski definition) is 1. The molecule has 12 heavy (non-hydrogen) atoms. The zero-order chi connectivity index (χ0) is 8.55. The number of nitrogens with zero attached hydrogens (tertiary/aromatic N) is 3. The molecule has 2 aromatic rings. The second-order valence-electron chi connectivity index (χ2n) is 2.37. The van der Waals surface area contributed by atoms with Crippen molar-refractivity contribution in [3.63, 3.8) is 0 Å². The van der Waals surface area contributed by atoms with E-state index in [0.29, 0.717) is 16.5 Å². The summed E-state index contributed by atoms with van der Waals surface area (Å²) < 4.78 is 1.72. The van der Waals surface area contributed by atoms with Crippen LogP contribution < -0.4 is 0 Å². The molecule has 0 fully saturated rings. The van der Waals surface area contributed by atoms with Gasteiger partial charge in [0.25, 0.3) is 0 Å². The zero-order valence-electron chi connectivity index (χ0n) is 6.11. The molecule has 0 spiro atoms. The van der Waals surface area contributed by atoms with Gasteiger partial charge in [0.1, 0.15) is 5.15 Å². The summed E-state index contributed by atoms with van der Waals surface area (Å²) in [6, 6.07) is 0. The number of aliphatic hydroxyl groups is 1. The van der Waals surface area contributed by atoms with E-state index in [0.717, 1.165) is 0 Å². The first-order chi connectivity index (χ1) is 5.79. The maximum Gasteiger partial charge on any atom is 0.155 e. The lowest BCUT2D eigenvalue weighted by molar-refractivity contribution is 0.277. The molecule has 2 aromatic heterocycles. The van der Waals surface area contributed by atoms with Crippen LogP contribution in [0.4, 0.5) is 0 Å². The minimum atomic E-state index is -0.0701. The molecule has 0 bridgehead atoms. The molecule has 0 radical (unpaired) electrons. The van der Waals surface area contributed by atoms with Crippen molar-refractivity contribution in [1.29, 1.82) is 0 Å². The standard InChI is InChI=1S/C7H6ClN3O/c8-6-3-11-2-5(4-12)10-7(11)1-9-6/h1-3,12H,4H2. The third kappa shape index (κ3) is 1.15. The molecule has 0 amide bonds. The van der Waals surface area contributed by atoms with E-state index >= 15 is 0 Å². The fourth-order valence-electron chi connectivity index (χ4n) is 1.00. The fraction of sp³-hybridized carbons (Fsp3) is 0.143. The van der Waals surface area contributed by atoms with Crippen LogP contribution >= 0.6 is 11.6 Å². The third-order valence-electron chi connectivity index (χ3n) is 1.52. The highest BCUT2D eigenvalue weighted by molar-refractivity contribution is 6.29. The molecular formula is C7H6ClN3O. The Bertz CT molecular complexity index is 412. The van der Waals surface area contributed by atoms with Crippen LogP contribution in [0.2, 0.25) is 5.15 Å². The van der Waals surface area contributed by atoms with E-state index in [-0.39, 0.29) is 6.61 Å².